The van der Waals surface area contributed by atoms with Crippen molar-refractivity contribution >= 4 is 17.4 Å². The number of hydrogen-bond acceptors (Lipinski definition) is 3. The van der Waals surface area contributed by atoms with Crippen molar-refractivity contribution in [3.63, 3.8) is 0 Å². The summed E-state index contributed by atoms with van der Waals surface area (Å²) >= 11 is 1.72. The van der Waals surface area contributed by atoms with Gasteiger partial charge in [0.25, 0.3) is 0 Å². The topological polar surface area (TPSA) is 35.2 Å². The molecular formula is C8H11NOS. The molecule has 0 fully saturated rings. The molecule has 0 radical (unpaired) electrons. The lowest BCUT2D eigenvalue weighted by Gasteiger charge is -1.88. The summed E-state index contributed by atoms with van der Waals surface area (Å²) in [6, 6.07) is 4.11. The highest BCUT2D eigenvalue weighted by Crippen LogP contribution is 2.10. The van der Waals surface area contributed by atoms with Crippen LogP contribution < -0.4 is 5.90 Å². The SMILES string of the molecule is NOCC/C=C/c1cccs1. The molecule has 1 aromatic rings. The van der Waals surface area contributed by atoms with Gasteiger partial charge in [0.1, 0.15) is 0 Å². The van der Waals surface area contributed by atoms with E-state index in [9.17, 15) is 0 Å². The maximum atomic E-state index is 4.86. The number of hydrogen-bond donors (Lipinski definition) is 1. The quantitative estimate of drug-likeness (QED) is 0.553. The van der Waals surface area contributed by atoms with Gasteiger partial charge in [-0.15, -0.1) is 11.3 Å². The van der Waals surface area contributed by atoms with Crippen LogP contribution in [0.3, 0.4) is 0 Å². The standard InChI is InChI=1S/C8H11NOS/c9-10-6-2-1-4-8-5-3-7-11-8/h1,3-5,7H,2,6,9H2/b4-1+. The molecule has 0 spiro atoms. The van der Waals surface area contributed by atoms with Crippen LogP contribution in [-0.4, -0.2) is 6.61 Å². The van der Waals surface area contributed by atoms with Gasteiger partial charge >= 0.3 is 0 Å². The van der Waals surface area contributed by atoms with Gasteiger partial charge in [-0.2, -0.15) is 0 Å². The zero-order valence-corrected chi connectivity index (χ0v) is 7.01. The second kappa shape index (κ2) is 5.07. The summed E-state index contributed by atoms with van der Waals surface area (Å²) < 4.78 is 0. The van der Waals surface area contributed by atoms with Crippen LogP contribution in [0.4, 0.5) is 0 Å². The average molecular weight is 169 g/mol. The lowest BCUT2D eigenvalue weighted by atomic mass is 10.3. The predicted molar refractivity (Wildman–Crippen MR) is 48.1 cm³/mol. The minimum absolute atomic E-state index is 0.585. The maximum absolute atomic E-state index is 4.86. The molecule has 0 aliphatic carbocycles. The molecule has 1 heterocycles. The van der Waals surface area contributed by atoms with Crippen LogP contribution in [-0.2, 0) is 4.84 Å². The van der Waals surface area contributed by atoms with E-state index in [0.717, 1.165) is 6.42 Å². The van der Waals surface area contributed by atoms with Crippen molar-refractivity contribution in [2.75, 3.05) is 6.61 Å². The molecule has 0 atom stereocenters. The number of thiophene rings is 1. The van der Waals surface area contributed by atoms with E-state index in [1.165, 1.54) is 4.88 Å². The highest BCUT2D eigenvalue weighted by molar-refractivity contribution is 7.10. The van der Waals surface area contributed by atoms with Crippen LogP contribution in [0.2, 0.25) is 0 Å². The zero-order valence-electron chi connectivity index (χ0n) is 6.19. The minimum Gasteiger partial charge on any atom is -0.304 e. The average Bonchev–Trinajstić information content (AvgIpc) is 2.50. The van der Waals surface area contributed by atoms with Gasteiger partial charge in [-0.1, -0.05) is 12.1 Å². The Bertz CT molecular complexity index is 206. The second-order valence-electron chi connectivity index (χ2n) is 2.08. The first-order valence-corrected chi connectivity index (χ1v) is 4.33. The molecule has 0 saturated carbocycles. The summed E-state index contributed by atoms with van der Waals surface area (Å²) in [6.07, 6.45) is 5.00. The first-order valence-electron chi connectivity index (χ1n) is 3.45. The Kier molecular flexibility index (Phi) is 3.90. The van der Waals surface area contributed by atoms with E-state index in [-0.39, 0.29) is 0 Å². The van der Waals surface area contributed by atoms with Gasteiger partial charge in [0.2, 0.25) is 0 Å². The normalized spacial score (nSPS) is 11.0. The zero-order chi connectivity index (χ0) is 7.94. The largest absolute Gasteiger partial charge is 0.304 e. The fraction of sp³-hybridized carbons (Fsp3) is 0.250. The predicted octanol–water partition coefficient (Wildman–Crippen LogP) is 2.04. The smallest absolute Gasteiger partial charge is 0.0713 e. The number of nitrogens with two attached hydrogens (primary N) is 1. The molecule has 0 aliphatic rings. The van der Waals surface area contributed by atoms with Crippen LogP contribution in [0, 0.1) is 0 Å². The Hall–Kier alpha value is -0.640. The Morgan fingerprint density at radius 3 is 3.18 bits per heavy atom. The van der Waals surface area contributed by atoms with Crippen LogP contribution >= 0.6 is 11.3 Å². The third-order valence-corrected chi connectivity index (χ3v) is 2.07. The molecule has 0 unspecified atom stereocenters. The second-order valence-corrected chi connectivity index (χ2v) is 3.06. The molecule has 0 aromatic carbocycles. The maximum Gasteiger partial charge on any atom is 0.0713 e. The molecule has 3 heteroatoms. The van der Waals surface area contributed by atoms with E-state index in [0.29, 0.717) is 6.61 Å². The van der Waals surface area contributed by atoms with Gasteiger partial charge < -0.3 is 4.84 Å². The molecule has 1 rings (SSSR count). The van der Waals surface area contributed by atoms with E-state index < -0.39 is 0 Å². The van der Waals surface area contributed by atoms with Gasteiger partial charge in [0.15, 0.2) is 0 Å². The molecule has 0 bridgehead atoms. The summed E-state index contributed by atoms with van der Waals surface area (Å²) in [7, 11) is 0. The molecule has 2 N–H and O–H groups in total. The minimum atomic E-state index is 0.585. The Labute approximate surface area is 70.2 Å². The molecule has 0 aliphatic heterocycles. The Morgan fingerprint density at radius 2 is 2.55 bits per heavy atom. The summed E-state index contributed by atoms with van der Waals surface area (Å²) in [6.45, 7) is 0.585. The molecule has 0 saturated heterocycles. The van der Waals surface area contributed by atoms with Crippen LogP contribution in [0.15, 0.2) is 23.6 Å². The van der Waals surface area contributed by atoms with Crippen molar-refractivity contribution in [1.82, 2.24) is 0 Å². The Balaban J connectivity index is 2.25. The molecule has 1 aromatic heterocycles. The fourth-order valence-corrected chi connectivity index (χ4v) is 1.37. The Morgan fingerprint density at radius 1 is 1.64 bits per heavy atom. The molecular weight excluding hydrogens is 158 g/mol. The van der Waals surface area contributed by atoms with Crippen molar-refractivity contribution in [1.29, 1.82) is 0 Å². The van der Waals surface area contributed by atoms with Crippen LogP contribution in [0.25, 0.3) is 6.08 Å². The fourth-order valence-electron chi connectivity index (χ4n) is 0.722. The monoisotopic (exact) mass is 169 g/mol. The summed E-state index contributed by atoms with van der Waals surface area (Å²) in [5.41, 5.74) is 0. The van der Waals surface area contributed by atoms with E-state index >= 15 is 0 Å². The molecule has 11 heavy (non-hydrogen) atoms. The molecule has 2 nitrogen and oxygen atoms in total. The van der Waals surface area contributed by atoms with Crippen molar-refractivity contribution in [3.8, 4) is 0 Å². The first kappa shape index (κ1) is 8.46. The van der Waals surface area contributed by atoms with Crippen molar-refractivity contribution in [2.24, 2.45) is 5.90 Å². The third kappa shape index (κ3) is 3.32. The lowest BCUT2D eigenvalue weighted by Crippen LogP contribution is -1.98. The highest BCUT2D eigenvalue weighted by Gasteiger charge is 1.84. The van der Waals surface area contributed by atoms with Gasteiger partial charge in [-0.05, 0) is 23.9 Å². The van der Waals surface area contributed by atoms with Crippen molar-refractivity contribution in [2.45, 2.75) is 6.42 Å². The summed E-state index contributed by atoms with van der Waals surface area (Å²) in [5, 5.41) is 2.05. The summed E-state index contributed by atoms with van der Waals surface area (Å²) in [5.74, 6) is 4.86. The van der Waals surface area contributed by atoms with Crippen LogP contribution in [0.5, 0.6) is 0 Å². The third-order valence-electron chi connectivity index (χ3n) is 1.23. The summed E-state index contributed by atoms with van der Waals surface area (Å²) in [4.78, 5) is 5.68. The van der Waals surface area contributed by atoms with Gasteiger partial charge in [0, 0.05) is 4.88 Å². The molecule has 0 amide bonds. The van der Waals surface area contributed by atoms with Crippen molar-refractivity contribution in [3.05, 3.63) is 28.5 Å². The van der Waals surface area contributed by atoms with E-state index in [1.54, 1.807) is 11.3 Å². The van der Waals surface area contributed by atoms with E-state index in [4.69, 9.17) is 5.90 Å². The van der Waals surface area contributed by atoms with Gasteiger partial charge in [-0.25, -0.2) is 5.90 Å². The van der Waals surface area contributed by atoms with Gasteiger partial charge in [-0.3, -0.25) is 0 Å². The van der Waals surface area contributed by atoms with E-state index in [2.05, 4.69) is 28.4 Å². The van der Waals surface area contributed by atoms with Crippen LogP contribution in [0.1, 0.15) is 11.3 Å². The molecule has 60 valence electrons. The number of rotatable bonds is 4. The lowest BCUT2D eigenvalue weighted by molar-refractivity contribution is 0.143. The highest BCUT2D eigenvalue weighted by atomic mass is 32.1. The van der Waals surface area contributed by atoms with Gasteiger partial charge in [0.05, 0.1) is 6.61 Å². The van der Waals surface area contributed by atoms with Crippen molar-refractivity contribution < 1.29 is 4.84 Å². The first-order chi connectivity index (χ1) is 5.43. The van der Waals surface area contributed by atoms with E-state index in [1.807, 2.05) is 6.07 Å².